The molecule has 1 heterocycles. The normalized spacial score (nSPS) is 18.1. The van der Waals surface area contributed by atoms with Crippen LogP contribution in [0.4, 0.5) is 5.69 Å². The van der Waals surface area contributed by atoms with Crippen molar-refractivity contribution in [3.8, 4) is 0 Å². The summed E-state index contributed by atoms with van der Waals surface area (Å²) in [6, 6.07) is 10.7. The van der Waals surface area contributed by atoms with E-state index in [0.29, 0.717) is 0 Å². The van der Waals surface area contributed by atoms with Crippen LogP contribution in [-0.2, 0) is 4.74 Å². The Morgan fingerprint density at radius 2 is 1.86 bits per heavy atom. The van der Waals surface area contributed by atoms with Gasteiger partial charge in [0.25, 0.3) is 0 Å². The zero-order valence-corrected chi connectivity index (χ0v) is 18.1. The molecule has 0 atom stereocenters. The van der Waals surface area contributed by atoms with Gasteiger partial charge in [0.05, 0.1) is 0 Å². The first-order valence-electron chi connectivity index (χ1n) is 11.5. The van der Waals surface area contributed by atoms with Crippen molar-refractivity contribution in [2.75, 3.05) is 70.5 Å². The highest BCUT2D eigenvalue weighted by Crippen LogP contribution is 2.28. The third kappa shape index (κ3) is 8.62. The highest BCUT2D eigenvalue weighted by Gasteiger charge is 2.20. The maximum atomic E-state index is 5.68. The lowest BCUT2D eigenvalue weighted by Gasteiger charge is -2.36. The van der Waals surface area contributed by atoms with Crippen LogP contribution in [0.15, 0.2) is 35.3 Å². The van der Waals surface area contributed by atoms with Gasteiger partial charge < -0.3 is 20.3 Å². The summed E-state index contributed by atoms with van der Waals surface area (Å²) >= 11 is 0. The van der Waals surface area contributed by atoms with E-state index in [1.807, 2.05) is 0 Å². The quantitative estimate of drug-likeness (QED) is 0.320. The average molecular weight is 402 g/mol. The second kappa shape index (κ2) is 12.7. The van der Waals surface area contributed by atoms with Crippen LogP contribution < -0.4 is 15.5 Å². The van der Waals surface area contributed by atoms with E-state index < -0.39 is 0 Å². The van der Waals surface area contributed by atoms with Crippen LogP contribution in [0.5, 0.6) is 0 Å². The van der Waals surface area contributed by atoms with Gasteiger partial charge in [0.1, 0.15) is 0 Å². The number of piperazine rings is 1. The number of anilines is 1. The molecule has 1 aromatic carbocycles. The number of benzene rings is 1. The lowest BCUT2D eigenvalue weighted by Crippen LogP contribution is -2.47. The average Bonchev–Trinajstić information content (AvgIpc) is 3.59. The first-order chi connectivity index (χ1) is 14.3. The van der Waals surface area contributed by atoms with E-state index in [4.69, 9.17) is 4.74 Å². The van der Waals surface area contributed by atoms with Crippen molar-refractivity contribution < 1.29 is 4.74 Å². The molecule has 2 aliphatic rings. The predicted molar refractivity (Wildman–Crippen MR) is 122 cm³/mol. The first kappa shape index (κ1) is 21.9. The molecule has 6 heteroatoms. The van der Waals surface area contributed by atoms with Crippen LogP contribution in [0.2, 0.25) is 0 Å². The van der Waals surface area contributed by atoms with Gasteiger partial charge in [-0.1, -0.05) is 18.2 Å². The van der Waals surface area contributed by atoms with E-state index in [2.05, 4.69) is 62.7 Å². The van der Waals surface area contributed by atoms with Gasteiger partial charge in [-0.3, -0.25) is 9.89 Å². The number of para-hydroxylation sites is 1. The van der Waals surface area contributed by atoms with E-state index >= 15 is 0 Å². The number of aliphatic imine (C=N–C) groups is 1. The summed E-state index contributed by atoms with van der Waals surface area (Å²) in [6.07, 6.45) is 4.85. The standard InChI is InChI=1S/C23H39N5O/c1-2-24-23(26-13-7-19-29-20-21-10-11-21)25-12-6-14-27-15-17-28(18-16-27)22-8-4-3-5-9-22/h3-5,8-9,21H,2,6-7,10-20H2,1H3,(H2,24,25,26). The second-order valence-electron chi connectivity index (χ2n) is 8.08. The molecular formula is C23H39N5O. The number of hydrogen-bond acceptors (Lipinski definition) is 4. The minimum absolute atomic E-state index is 0.821. The molecule has 2 N–H and O–H groups in total. The molecule has 162 valence electrons. The van der Waals surface area contributed by atoms with Crippen molar-refractivity contribution in [2.45, 2.75) is 32.6 Å². The summed E-state index contributed by atoms with van der Waals surface area (Å²) in [6.45, 7) is 12.2. The summed E-state index contributed by atoms with van der Waals surface area (Å²) in [5, 5.41) is 6.82. The molecule has 0 radical (unpaired) electrons. The molecule has 0 unspecified atom stereocenters. The Morgan fingerprint density at radius 3 is 2.59 bits per heavy atom. The number of nitrogens with zero attached hydrogens (tertiary/aromatic N) is 3. The van der Waals surface area contributed by atoms with Gasteiger partial charge in [0.15, 0.2) is 5.96 Å². The molecule has 1 saturated carbocycles. The Kier molecular flexibility index (Phi) is 9.60. The number of guanidine groups is 1. The lowest BCUT2D eigenvalue weighted by molar-refractivity contribution is 0.123. The minimum Gasteiger partial charge on any atom is -0.381 e. The van der Waals surface area contributed by atoms with Crippen molar-refractivity contribution in [2.24, 2.45) is 10.9 Å². The van der Waals surface area contributed by atoms with Crippen molar-refractivity contribution in [3.63, 3.8) is 0 Å². The number of nitrogens with one attached hydrogen (secondary N) is 2. The van der Waals surface area contributed by atoms with E-state index in [1.165, 1.54) is 18.5 Å². The van der Waals surface area contributed by atoms with Crippen LogP contribution in [0.3, 0.4) is 0 Å². The Hall–Kier alpha value is -1.79. The maximum Gasteiger partial charge on any atom is 0.191 e. The first-order valence-corrected chi connectivity index (χ1v) is 11.5. The van der Waals surface area contributed by atoms with Gasteiger partial charge in [-0.15, -0.1) is 0 Å². The number of hydrogen-bond donors (Lipinski definition) is 2. The van der Waals surface area contributed by atoms with Crippen LogP contribution in [0, 0.1) is 5.92 Å². The summed E-state index contributed by atoms with van der Waals surface area (Å²) < 4.78 is 5.68. The second-order valence-corrected chi connectivity index (χ2v) is 8.08. The zero-order chi connectivity index (χ0) is 20.2. The molecular weight excluding hydrogens is 362 g/mol. The van der Waals surface area contributed by atoms with E-state index in [9.17, 15) is 0 Å². The van der Waals surface area contributed by atoms with E-state index in [-0.39, 0.29) is 0 Å². The Bertz CT molecular complexity index is 582. The predicted octanol–water partition coefficient (Wildman–Crippen LogP) is 2.57. The van der Waals surface area contributed by atoms with Crippen LogP contribution in [0.25, 0.3) is 0 Å². The maximum absolute atomic E-state index is 5.68. The van der Waals surface area contributed by atoms with Crippen molar-refractivity contribution >= 4 is 11.6 Å². The largest absolute Gasteiger partial charge is 0.381 e. The van der Waals surface area contributed by atoms with Gasteiger partial charge in [-0.25, -0.2) is 0 Å². The fourth-order valence-electron chi connectivity index (χ4n) is 3.61. The fraction of sp³-hybridized carbons (Fsp3) is 0.696. The Balaban J connectivity index is 1.24. The molecule has 1 aliphatic heterocycles. The number of ether oxygens (including phenoxy) is 1. The van der Waals surface area contributed by atoms with Gasteiger partial charge in [0, 0.05) is 64.7 Å². The Labute approximate surface area is 176 Å². The minimum atomic E-state index is 0.821. The van der Waals surface area contributed by atoms with E-state index in [0.717, 1.165) is 90.3 Å². The summed E-state index contributed by atoms with van der Waals surface area (Å²) in [4.78, 5) is 9.72. The summed E-state index contributed by atoms with van der Waals surface area (Å²) in [5.41, 5.74) is 1.35. The molecule has 3 rings (SSSR count). The molecule has 0 aromatic heterocycles. The molecule has 0 spiro atoms. The SMILES string of the molecule is CCNC(=NCCCOCC1CC1)NCCCN1CCN(c2ccccc2)CC1. The van der Waals surface area contributed by atoms with Crippen LogP contribution >= 0.6 is 0 Å². The smallest absolute Gasteiger partial charge is 0.191 e. The van der Waals surface area contributed by atoms with Crippen molar-refractivity contribution in [1.29, 1.82) is 0 Å². The van der Waals surface area contributed by atoms with Crippen LogP contribution in [0.1, 0.15) is 32.6 Å². The fourth-order valence-corrected chi connectivity index (χ4v) is 3.61. The monoisotopic (exact) mass is 401 g/mol. The number of rotatable bonds is 12. The molecule has 1 aliphatic carbocycles. The Morgan fingerprint density at radius 1 is 1.07 bits per heavy atom. The molecule has 1 saturated heterocycles. The lowest BCUT2D eigenvalue weighted by atomic mass is 10.2. The summed E-state index contributed by atoms with van der Waals surface area (Å²) in [5.74, 6) is 1.78. The molecule has 2 fully saturated rings. The molecule has 0 amide bonds. The highest BCUT2D eigenvalue weighted by molar-refractivity contribution is 5.79. The zero-order valence-electron chi connectivity index (χ0n) is 18.1. The summed E-state index contributed by atoms with van der Waals surface area (Å²) in [7, 11) is 0. The molecule has 1 aromatic rings. The third-order valence-corrected chi connectivity index (χ3v) is 5.55. The van der Waals surface area contributed by atoms with Gasteiger partial charge in [0.2, 0.25) is 0 Å². The highest BCUT2D eigenvalue weighted by atomic mass is 16.5. The van der Waals surface area contributed by atoms with Crippen LogP contribution in [-0.4, -0.2) is 76.4 Å². The topological polar surface area (TPSA) is 52.1 Å². The molecule has 29 heavy (non-hydrogen) atoms. The van der Waals surface area contributed by atoms with Gasteiger partial charge in [-0.2, -0.15) is 0 Å². The third-order valence-electron chi connectivity index (χ3n) is 5.55. The van der Waals surface area contributed by atoms with Crippen molar-refractivity contribution in [1.82, 2.24) is 15.5 Å². The van der Waals surface area contributed by atoms with E-state index in [1.54, 1.807) is 0 Å². The molecule has 0 bridgehead atoms. The van der Waals surface area contributed by atoms with Gasteiger partial charge >= 0.3 is 0 Å². The van der Waals surface area contributed by atoms with Crippen molar-refractivity contribution in [3.05, 3.63) is 30.3 Å². The van der Waals surface area contributed by atoms with Gasteiger partial charge in [-0.05, 0) is 57.2 Å². The molecule has 6 nitrogen and oxygen atoms in total.